The number of aliphatic carboxylic acids is 1. The summed E-state index contributed by atoms with van der Waals surface area (Å²) in [5, 5.41) is 20.2. The number of carbonyl (C=O) groups is 4. The molecule has 1 fully saturated rings. The van der Waals surface area contributed by atoms with Gasteiger partial charge in [-0.25, -0.2) is 15.1 Å². The number of rotatable bonds is 7. The zero-order valence-electron chi connectivity index (χ0n) is 24.6. The van der Waals surface area contributed by atoms with Crippen molar-refractivity contribution >= 4 is 34.8 Å². The number of carbonyl (C=O) groups excluding carboxylic acids is 3. The lowest BCUT2D eigenvalue weighted by Crippen LogP contribution is -2.56. The van der Waals surface area contributed by atoms with Crippen LogP contribution in [0.3, 0.4) is 0 Å². The first-order valence-corrected chi connectivity index (χ1v) is 13.8. The molecule has 1 aliphatic rings. The van der Waals surface area contributed by atoms with Gasteiger partial charge >= 0.3 is 18.2 Å². The predicted octanol–water partition coefficient (Wildman–Crippen LogP) is 4.23. The van der Waals surface area contributed by atoms with E-state index in [-0.39, 0.29) is 18.6 Å². The van der Waals surface area contributed by atoms with Gasteiger partial charge in [-0.05, 0) is 63.6 Å². The van der Waals surface area contributed by atoms with Crippen molar-refractivity contribution in [2.75, 3.05) is 13.1 Å². The van der Waals surface area contributed by atoms with Crippen molar-refractivity contribution in [1.29, 1.82) is 0 Å². The molecule has 3 aromatic rings. The zero-order chi connectivity index (χ0) is 33.3. The smallest absolute Gasteiger partial charge is 0.489 e. The Kier molecular flexibility index (Phi) is 11.7. The Morgan fingerprint density at radius 3 is 2.33 bits per heavy atom. The second-order valence-electron chi connectivity index (χ2n) is 10.4. The lowest BCUT2D eigenvalue weighted by molar-refractivity contribution is -0.192. The van der Waals surface area contributed by atoms with Crippen LogP contribution in [0.4, 0.5) is 18.0 Å². The highest BCUT2D eigenvalue weighted by atomic mass is 19.4. The van der Waals surface area contributed by atoms with Crippen LogP contribution in [0.5, 0.6) is 5.75 Å². The van der Waals surface area contributed by atoms with Gasteiger partial charge in [-0.1, -0.05) is 18.2 Å². The van der Waals surface area contributed by atoms with E-state index in [2.05, 4.69) is 10.3 Å². The van der Waals surface area contributed by atoms with Gasteiger partial charge in [-0.15, -0.1) is 0 Å². The van der Waals surface area contributed by atoms with E-state index in [1.807, 2.05) is 37.3 Å². The molecule has 0 radical (unpaired) electrons. The number of halogens is 3. The third-order valence-electron chi connectivity index (χ3n) is 6.65. The second kappa shape index (κ2) is 15.2. The molecule has 1 saturated heterocycles. The molecule has 0 unspecified atom stereocenters. The molecule has 0 bridgehead atoms. The van der Waals surface area contributed by atoms with Crippen LogP contribution in [0.2, 0.25) is 0 Å². The molecule has 0 aliphatic carbocycles. The normalized spacial score (nSPS) is 16.3. The molecule has 2 heterocycles. The number of aromatic nitrogens is 1. The third kappa shape index (κ3) is 9.79. The maximum atomic E-state index is 12.9. The average molecular weight is 635 g/mol. The van der Waals surface area contributed by atoms with Crippen LogP contribution in [0.1, 0.15) is 41.9 Å². The summed E-state index contributed by atoms with van der Waals surface area (Å²) < 4.78 is 42.9. The highest BCUT2D eigenvalue weighted by Crippen LogP contribution is 2.23. The molecule has 45 heavy (non-hydrogen) atoms. The SMILES string of the molecule is Cc1cc(COc2ccc(C(=O)N[C@@H]3CCN(C(=O)OC(C)C)C[C@@H]3C(=O)NO)cc2)c2ccccc2n1.O=C(O)C(F)(F)F. The van der Waals surface area contributed by atoms with Gasteiger partial charge < -0.3 is 24.8 Å². The Hall–Kier alpha value is -4.92. The second-order valence-corrected chi connectivity index (χ2v) is 10.4. The largest absolute Gasteiger partial charge is 0.490 e. The van der Waals surface area contributed by atoms with Crippen LogP contribution in [0.25, 0.3) is 10.9 Å². The van der Waals surface area contributed by atoms with E-state index in [1.165, 1.54) is 4.90 Å². The number of fused-ring (bicyclic) bond motifs is 1. The molecule has 15 heteroatoms. The lowest BCUT2D eigenvalue weighted by Gasteiger charge is -2.37. The van der Waals surface area contributed by atoms with Crippen LogP contribution in [-0.2, 0) is 20.9 Å². The first kappa shape index (κ1) is 34.6. The molecule has 4 rings (SSSR count). The number of likely N-dealkylation sites (tertiary alicyclic amines) is 1. The van der Waals surface area contributed by atoms with Gasteiger partial charge in [0.1, 0.15) is 12.4 Å². The summed E-state index contributed by atoms with van der Waals surface area (Å²) >= 11 is 0. The number of carboxylic acids is 1. The van der Waals surface area contributed by atoms with E-state index in [1.54, 1.807) is 43.6 Å². The molecule has 2 atom stereocenters. The predicted molar refractivity (Wildman–Crippen MR) is 153 cm³/mol. The number of hydrogen-bond donors (Lipinski definition) is 4. The molecular formula is C30H33F3N4O8. The molecule has 242 valence electrons. The fraction of sp³-hybridized carbons (Fsp3) is 0.367. The highest BCUT2D eigenvalue weighted by molar-refractivity contribution is 5.95. The summed E-state index contributed by atoms with van der Waals surface area (Å²) in [6.45, 7) is 6.09. The van der Waals surface area contributed by atoms with Gasteiger partial charge in [0.2, 0.25) is 5.91 Å². The molecule has 3 amide bonds. The number of carboxylic acid groups (broad SMARTS) is 1. The van der Waals surface area contributed by atoms with Crippen molar-refractivity contribution in [3.63, 3.8) is 0 Å². The lowest BCUT2D eigenvalue weighted by atomic mass is 9.91. The van der Waals surface area contributed by atoms with E-state index >= 15 is 0 Å². The van der Waals surface area contributed by atoms with Crippen LogP contribution in [0, 0.1) is 12.8 Å². The van der Waals surface area contributed by atoms with Gasteiger partial charge in [0, 0.05) is 41.3 Å². The quantitative estimate of drug-likeness (QED) is 0.220. The zero-order valence-corrected chi connectivity index (χ0v) is 24.6. The Balaban J connectivity index is 0.000000707. The molecule has 2 aromatic carbocycles. The first-order valence-electron chi connectivity index (χ1n) is 13.8. The minimum atomic E-state index is -5.08. The van der Waals surface area contributed by atoms with Crippen LogP contribution in [-0.4, -0.2) is 75.5 Å². The van der Waals surface area contributed by atoms with Crippen LogP contribution < -0.4 is 15.5 Å². The van der Waals surface area contributed by atoms with Crippen molar-refractivity contribution in [2.45, 2.75) is 52.1 Å². The third-order valence-corrected chi connectivity index (χ3v) is 6.65. The van der Waals surface area contributed by atoms with Crippen LogP contribution in [0.15, 0.2) is 54.6 Å². The monoisotopic (exact) mass is 634 g/mol. The van der Waals surface area contributed by atoms with Crippen molar-refractivity contribution < 1.29 is 52.1 Å². The molecule has 1 aliphatic heterocycles. The minimum absolute atomic E-state index is 0.0127. The number of hydroxylamine groups is 1. The van der Waals surface area contributed by atoms with Crippen molar-refractivity contribution in [3.05, 3.63) is 71.4 Å². The van der Waals surface area contributed by atoms with E-state index < -0.39 is 36.1 Å². The summed E-state index contributed by atoms with van der Waals surface area (Å²) in [6.07, 6.45) is -5.59. The number of pyridine rings is 1. The van der Waals surface area contributed by atoms with Gasteiger partial charge in [-0.3, -0.25) is 19.8 Å². The number of amides is 3. The van der Waals surface area contributed by atoms with Gasteiger partial charge in [0.05, 0.1) is 17.5 Å². The molecular weight excluding hydrogens is 601 g/mol. The Bertz CT molecular complexity index is 1520. The number of nitrogens with one attached hydrogen (secondary N) is 2. The number of benzene rings is 2. The number of piperidine rings is 1. The maximum absolute atomic E-state index is 12.9. The number of nitrogens with zero attached hydrogens (tertiary/aromatic N) is 2. The van der Waals surface area contributed by atoms with Crippen molar-refractivity contribution in [2.24, 2.45) is 5.92 Å². The summed E-state index contributed by atoms with van der Waals surface area (Å²) in [6, 6.07) is 16.0. The first-order chi connectivity index (χ1) is 21.2. The van der Waals surface area contributed by atoms with E-state index in [4.69, 9.17) is 19.4 Å². The summed E-state index contributed by atoms with van der Waals surface area (Å²) in [7, 11) is 0. The van der Waals surface area contributed by atoms with Crippen LogP contribution >= 0.6 is 0 Å². The van der Waals surface area contributed by atoms with E-state index in [0.29, 0.717) is 30.9 Å². The van der Waals surface area contributed by atoms with Gasteiger partial charge in [-0.2, -0.15) is 13.2 Å². The van der Waals surface area contributed by atoms with Crippen molar-refractivity contribution in [1.82, 2.24) is 20.7 Å². The van der Waals surface area contributed by atoms with E-state index in [0.717, 1.165) is 22.2 Å². The molecule has 0 saturated carbocycles. The average Bonchev–Trinajstić information content (AvgIpc) is 2.99. The number of alkyl halides is 3. The minimum Gasteiger partial charge on any atom is -0.489 e. The molecule has 1 aromatic heterocycles. The Labute approximate surface area is 256 Å². The number of aryl methyl sites for hydroxylation is 1. The molecule has 4 N–H and O–H groups in total. The van der Waals surface area contributed by atoms with E-state index in [9.17, 15) is 32.8 Å². The van der Waals surface area contributed by atoms with Crippen molar-refractivity contribution in [3.8, 4) is 5.75 Å². The number of ether oxygens (including phenoxy) is 2. The van der Waals surface area contributed by atoms with Gasteiger partial charge in [0.25, 0.3) is 5.91 Å². The van der Waals surface area contributed by atoms with Gasteiger partial charge in [0.15, 0.2) is 0 Å². The summed E-state index contributed by atoms with van der Waals surface area (Å²) in [4.78, 5) is 52.4. The standard InChI is InChI=1S/C28H32N4O6.C2HF3O2/c1-17(2)38-28(35)32-13-12-25(23(15-32)27(34)31-36)30-26(33)19-8-10-21(11-9-19)37-16-20-14-18(3)29-24-7-5-4-6-22(20)24;3-2(4,5)1(6)7/h4-11,14,17,23,25,36H,12-13,15-16H2,1-3H3,(H,30,33)(H,31,34);(H,6,7)/t23-,25+;/m0./s1. The fourth-order valence-electron chi connectivity index (χ4n) is 4.54. The number of hydrogen-bond acceptors (Lipinski definition) is 8. The number of para-hydroxylation sites is 1. The molecule has 12 nitrogen and oxygen atoms in total. The molecule has 0 spiro atoms. The summed E-state index contributed by atoms with van der Waals surface area (Å²) in [5.41, 5.74) is 4.87. The summed E-state index contributed by atoms with van der Waals surface area (Å²) in [5.74, 6) is -4.04. The Morgan fingerprint density at radius 1 is 1.09 bits per heavy atom. The maximum Gasteiger partial charge on any atom is 0.490 e. The topological polar surface area (TPSA) is 167 Å². The Morgan fingerprint density at radius 2 is 1.73 bits per heavy atom. The highest BCUT2D eigenvalue weighted by Gasteiger charge is 2.39. The fourth-order valence-corrected chi connectivity index (χ4v) is 4.54.